The molecule has 1 aliphatic rings. The van der Waals surface area contributed by atoms with Crippen molar-refractivity contribution in [1.82, 2.24) is 9.78 Å². The van der Waals surface area contributed by atoms with Gasteiger partial charge >= 0.3 is 0 Å². The fourth-order valence-corrected chi connectivity index (χ4v) is 3.40. The average Bonchev–Trinajstić information content (AvgIpc) is 2.97. The smallest absolute Gasteiger partial charge is 0.227 e. The van der Waals surface area contributed by atoms with Crippen molar-refractivity contribution in [3.63, 3.8) is 0 Å². The Morgan fingerprint density at radius 3 is 2.72 bits per heavy atom. The van der Waals surface area contributed by atoms with E-state index >= 15 is 0 Å². The second-order valence-electron chi connectivity index (χ2n) is 7.07. The molecular formula is C20H27N3O2. The number of anilines is 1. The Bertz CT molecular complexity index is 760. The van der Waals surface area contributed by atoms with Gasteiger partial charge in [-0.05, 0) is 56.7 Å². The number of hydrogen-bond acceptors (Lipinski definition) is 3. The molecule has 1 fully saturated rings. The third kappa shape index (κ3) is 3.76. The molecule has 0 aliphatic carbocycles. The molecule has 25 heavy (non-hydrogen) atoms. The molecule has 1 aromatic carbocycles. The first-order valence-electron chi connectivity index (χ1n) is 8.98. The van der Waals surface area contributed by atoms with Gasteiger partial charge in [-0.2, -0.15) is 5.10 Å². The summed E-state index contributed by atoms with van der Waals surface area (Å²) in [5.41, 5.74) is 5.13. The predicted molar refractivity (Wildman–Crippen MR) is 99.1 cm³/mol. The topological polar surface area (TPSA) is 56.2 Å². The Kier molecular flexibility index (Phi) is 5.23. The van der Waals surface area contributed by atoms with Crippen LogP contribution < -0.4 is 5.32 Å². The van der Waals surface area contributed by atoms with Crippen molar-refractivity contribution in [3.05, 3.63) is 41.2 Å². The van der Waals surface area contributed by atoms with E-state index in [2.05, 4.69) is 42.5 Å². The van der Waals surface area contributed by atoms with E-state index in [0.29, 0.717) is 5.92 Å². The van der Waals surface area contributed by atoms with Gasteiger partial charge in [-0.25, -0.2) is 4.68 Å². The normalized spacial score (nSPS) is 16.6. The first-order chi connectivity index (χ1) is 12.0. The number of ether oxygens (including phenoxy) is 1. The summed E-state index contributed by atoms with van der Waals surface area (Å²) in [6, 6.07) is 6.30. The van der Waals surface area contributed by atoms with Crippen LogP contribution in [-0.4, -0.2) is 28.9 Å². The van der Waals surface area contributed by atoms with Gasteiger partial charge in [-0.15, -0.1) is 0 Å². The quantitative estimate of drug-likeness (QED) is 0.920. The highest BCUT2D eigenvalue weighted by Crippen LogP contribution is 2.26. The van der Waals surface area contributed by atoms with E-state index < -0.39 is 0 Å². The summed E-state index contributed by atoms with van der Waals surface area (Å²) in [6.45, 7) is 9.65. The highest BCUT2D eigenvalue weighted by Gasteiger charge is 2.26. The zero-order valence-corrected chi connectivity index (χ0v) is 15.5. The van der Waals surface area contributed by atoms with Crippen LogP contribution in [0.15, 0.2) is 24.4 Å². The van der Waals surface area contributed by atoms with E-state index in [1.807, 2.05) is 18.5 Å². The molecule has 0 unspecified atom stereocenters. The molecule has 5 nitrogen and oxygen atoms in total. The van der Waals surface area contributed by atoms with Crippen LogP contribution in [0, 0.1) is 32.6 Å². The molecule has 2 aromatic rings. The molecule has 3 rings (SSSR count). The van der Waals surface area contributed by atoms with E-state index in [4.69, 9.17) is 4.74 Å². The largest absolute Gasteiger partial charge is 0.381 e. The van der Waals surface area contributed by atoms with Gasteiger partial charge in [0.2, 0.25) is 5.91 Å². The van der Waals surface area contributed by atoms with Gasteiger partial charge in [-0.3, -0.25) is 4.79 Å². The Morgan fingerprint density at radius 1 is 1.28 bits per heavy atom. The zero-order chi connectivity index (χ0) is 18.0. The highest BCUT2D eigenvalue weighted by atomic mass is 16.5. The first-order valence-corrected chi connectivity index (χ1v) is 8.98. The van der Waals surface area contributed by atoms with Crippen molar-refractivity contribution in [2.75, 3.05) is 18.5 Å². The van der Waals surface area contributed by atoms with Crippen LogP contribution in [0.25, 0.3) is 5.69 Å². The Balaban J connectivity index is 1.77. The lowest BCUT2D eigenvalue weighted by atomic mass is 9.87. The molecule has 1 saturated heterocycles. The third-order valence-electron chi connectivity index (χ3n) is 5.25. The zero-order valence-electron chi connectivity index (χ0n) is 15.5. The van der Waals surface area contributed by atoms with E-state index in [1.165, 1.54) is 5.56 Å². The van der Waals surface area contributed by atoms with Crippen molar-refractivity contribution in [1.29, 1.82) is 0 Å². The number of carbonyl (C=O) groups excluding carboxylic acids is 1. The van der Waals surface area contributed by atoms with E-state index in [1.54, 1.807) is 6.20 Å². The summed E-state index contributed by atoms with van der Waals surface area (Å²) >= 11 is 0. The second-order valence-corrected chi connectivity index (χ2v) is 7.07. The summed E-state index contributed by atoms with van der Waals surface area (Å²) < 4.78 is 7.29. The molecule has 1 amide bonds. The van der Waals surface area contributed by atoms with Crippen LogP contribution in [0.4, 0.5) is 5.69 Å². The van der Waals surface area contributed by atoms with E-state index in [-0.39, 0.29) is 11.8 Å². The Morgan fingerprint density at radius 2 is 2.00 bits per heavy atom. The molecular weight excluding hydrogens is 314 g/mol. The number of nitrogens with zero attached hydrogens (tertiary/aromatic N) is 2. The molecule has 0 radical (unpaired) electrons. The van der Waals surface area contributed by atoms with Crippen LogP contribution in [0.2, 0.25) is 0 Å². The minimum atomic E-state index is -0.0210. The van der Waals surface area contributed by atoms with Gasteiger partial charge < -0.3 is 10.1 Å². The van der Waals surface area contributed by atoms with Crippen LogP contribution in [0.1, 0.15) is 36.6 Å². The van der Waals surface area contributed by atoms with Gasteiger partial charge in [0.25, 0.3) is 0 Å². The molecule has 1 atom stereocenters. The second kappa shape index (κ2) is 7.40. The van der Waals surface area contributed by atoms with Crippen LogP contribution in [0.5, 0.6) is 0 Å². The lowest BCUT2D eigenvalue weighted by molar-refractivity contribution is -0.122. The maximum Gasteiger partial charge on any atom is 0.227 e. The molecule has 0 saturated carbocycles. The number of aromatic nitrogens is 2. The molecule has 1 aromatic heterocycles. The lowest BCUT2D eigenvalue weighted by Crippen LogP contribution is -2.31. The number of amides is 1. The Hall–Kier alpha value is -2.14. The van der Waals surface area contributed by atoms with Crippen molar-refractivity contribution < 1.29 is 9.53 Å². The van der Waals surface area contributed by atoms with Crippen molar-refractivity contribution in [2.45, 2.75) is 40.5 Å². The minimum absolute atomic E-state index is 0.0210. The van der Waals surface area contributed by atoms with Gasteiger partial charge in [0.15, 0.2) is 0 Å². The summed E-state index contributed by atoms with van der Waals surface area (Å²) in [7, 11) is 0. The van der Waals surface area contributed by atoms with Crippen molar-refractivity contribution in [3.8, 4) is 5.69 Å². The van der Waals surface area contributed by atoms with Crippen LogP contribution in [0.3, 0.4) is 0 Å². The minimum Gasteiger partial charge on any atom is -0.381 e. The maximum atomic E-state index is 12.6. The van der Waals surface area contributed by atoms with Crippen LogP contribution >= 0.6 is 0 Å². The highest BCUT2D eigenvalue weighted by molar-refractivity contribution is 5.93. The summed E-state index contributed by atoms with van der Waals surface area (Å²) in [4.78, 5) is 12.6. The molecule has 0 spiro atoms. The molecule has 2 heterocycles. The van der Waals surface area contributed by atoms with E-state index in [9.17, 15) is 4.79 Å². The number of nitrogens with one attached hydrogen (secondary N) is 1. The number of carbonyl (C=O) groups is 1. The van der Waals surface area contributed by atoms with Gasteiger partial charge in [-0.1, -0.05) is 19.1 Å². The fourth-order valence-electron chi connectivity index (χ4n) is 3.40. The monoisotopic (exact) mass is 341 g/mol. The van der Waals surface area contributed by atoms with Crippen LogP contribution in [-0.2, 0) is 9.53 Å². The van der Waals surface area contributed by atoms with Gasteiger partial charge in [0.05, 0.1) is 23.3 Å². The third-order valence-corrected chi connectivity index (χ3v) is 5.25. The lowest BCUT2D eigenvalue weighted by Gasteiger charge is -2.26. The van der Waals surface area contributed by atoms with Gasteiger partial charge in [0, 0.05) is 19.1 Å². The number of hydrogen-bond donors (Lipinski definition) is 1. The van der Waals surface area contributed by atoms with Crippen molar-refractivity contribution in [2.24, 2.45) is 11.8 Å². The number of rotatable bonds is 4. The molecule has 1 N–H and O–H groups in total. The SMILES string of the molecule is Cc1ccc(C)c(-n2ncc(NC(=O)[C@@H](C)C3CCOCC3)c2C)c1. The standard InChI is InChI=1S/C20H27N3O2/c1-13-5-6-14(2)19(11-13)23-16(4)18(12-21-23)22-20(24)15(3)17-7-9-25-10-8-17/h5-6,11-12,15,17H,7-10H2,1-4H3,(H,22,24)/t15-/m0/s1. The molecule has 0 bridgehead atoms. The predicted octanol–water partition coefficient (Wildman–Crippen LogP) is 3.80. The van der Waals surface area contributed by atoms with Crippen molar-refractivity contribution >= 4 is 11.6 Å². The first kappa shape index (κ1) is 17.7. The molecule has 5 heteroatoms. The summed E-state index contributed by atoms with van der Waals surface area (Å²) in [6.07, 6.45) is 3.65. The Labute approximate surface area is 149 Å². The number of aryl methyl sites for hydroxylation is 2. The van der Waals surface area contributed by atoms with E-state index in [0.717, 1.165) is 48.7 Å². The molecule has 1 aliphatic heterocycles. The maximum absolute atomic E-state index is 12.6. The average molecular weight is 341 g/mol. The number of benzene rings is 1. The van der Waals surface area contributed by atoms with Gasteiger partial charge in [0.1, 0.15) is 0 Å². The summed E-state index contributed by atoms with van der Waals surface area (Å²) in [5, 5.41) is 7.56. The fraction of sp³-hybridized carbons (Fsp3) is 0.500. The summed E-state index contributed by atoms with van der Waals surface area (Å²) in [5.74, 6) is 0.436. The molecule has 134 valence electrons.